The van der Waals surface area contributed by atoms with E-state index >= 15 is 0 Å². The fourth-order valence-electron chi connectivity index (χ4n) is 1.29. The van der Waals surface area contributed by atoms with Gasteiger partial charge in [0.15, 0.2) is 0 Å². The summed E-state index contributed by atoms with van der Waals surface area (Å²) in [7, 11) is 1.85. The molecule has 0 aliphatic carbocycles. The fourth-order valence-corrected chi connectivity index (χ4v) is 2.20. The molecule has 0 saturated heterocycles. The lowest BCUT2D eigenvalue weighted by atomic mass is 10.3. The van der Waals surface area contributed by atoms with Crippen LogP contribution in [0.3, 0.4) is 0 Å². The molecule has 2 atom stereocenters. The molecule has 0 saturated carbocycles. The maximum Gasteiger partial charge on any atom is 0.132 e. The van der Waals surface area contributed by atoms with E-state index in [-0.39, 0.29) is 11.4 Å². The summed E-state index contributed by atoms with van der Waals surface area (Å²) in [4.78, 5) is 8.89. The van der Waals surface area contributed by atoms with Gasteiger partial charge in [-0.25, -0.2) is 9.97 Å². The molecule has 2 unspecified atom stereocenters. The summed E-state index contributed by atoms with van der Waals surface area (Å²) in [6.45, 7) is 5.90. The van der Waals surface area contributed by atoms with Gasteiger partial charge in [-0.2, -0.15) is 0 Å². The van der Waals surface area contributed by atoms with Gasteiger partial charge in [0.2, 0.25) is 0 Å². The van der Waals surface area contributed by atoms with Gasteiger partial charge < -0.3 is 10.4 Å². The molecule has 17 heavy (non-hydrogen) atoms. The van der Waals surface area contributed by atoms with E-state index in [4.69, 9.17) is 0 Å². The van der Waals surface area contributed by atoms with Crippen molar-refractivity contribution in [1.29, 1.82) is 0 Å². The van der Waals surface area contributed by atoms with Crippen molar-refractivity contribution in [1.82, 2.24) is 9.97 Å². The van der Waals surface area contributed by atoms with E-state index in [1.54, 1.807) is 18.7 Å². The molecule has 1 aromatic heterocycles. The largest absolute Gasteiger partial charge is 0.392 e. The van der Waals surface area contributed by atoms with E-state index in [0.717, 1.165) is 29.5 Å². The van der Waals surface area contributed by atoms with Crippen LogP contribution < -0.4 is 5.32 Å². The van der Waals surface area contributed by atoms with Crippen LogP contribution in [0.4, 0.5) is 5.82 Å². The number of aliphatic hydroxyl groups is 1. The number of anilines is 1. The second kappa shape index (κ2) is 6.81. The Kier molecular flexibility index (Phi) is 5.71. The van der Waals surface area contributed by atoms with Crippen LogP contribution >= 0.6 is 11.8 Å². The van der Waals surface area contributed by atoms with Gasteiger partial charge >= 0.3 is 0 Å². The van der Waals surface area contributed by atoms with Crippen LogP contribution in [0.5, 0.6) is 0 Å². The predicted molar refractivity (Wildman–Crippen MR) is 72.6 cm³/mol. The van der Waals surface area contributed by atoms with Gasteiger partial charge in [0.25, 0.3) is 0 Å². The van der Waals surface area contributed by atoms with Crippen molar-refractivity contribution in [2.45, 2.75) is 50.0 Å². The maximum absolute atomic E-state index is 9.50. The molecule has 0 aliphatic rings. The van der Waals surface area contributed by atoms with Gasteiger partial charge in [0.05, 0.1) is 6.10 Å². The topological polar surface area (TPSA) is 58.0 Å². The average molecular weight is 255 g/mol. The Morgan fingerprint density at radius 3 is 2.65 bits per heavy atom. The molecule has 0 spiro atoms. The van der Waals surface area contributed by atoms with Gasteiger partial charge in [-0.05, 0) is 13.3 Å². The van der Waals surface area contributed by atoms with Gasteiger partial charge in [0, 0.05) is 24.8 Å². The highest BCUT2D eigenvalue weighted by Crippen LogP contribution is 2.25. The first-order valence-corrected chi connectivity index (χ1v) is 6.85. The minimum absolute atomic E-state index is 0.129. The van der Waals surface area contributed by atoms with Gasteiger partial charge in [-0.1, -0.05) is 13.8 Å². The Morgan fingerprint density at radius 2 is 2.12 bits per heavy atom. The average Bonchev–Trinajstić information content (AvgIpc) is 2.28. The van der Waals surface area contributed by atoms with Gasteiger partial charge in [-0.3, -0.25) is 0 Å². The van der Waals surface area contributed by atoms with Crippen molar-refractivity contribution in [2.75, 3.05) is 12.4 Å². The Bertz CT molecular complexity index is 358. The number of nitrogens with zero attached hydrogens (tertiary/aromatic N) is 2. The molecule has 0 fully saturated rings. The maximum atomic E-state index is 9.50. The molecule has 0 aliphatic heterocycles. The van der Waals surface area contributed by atoms with Crippen LogP contribution in [0.1, 0.15) is 33.0 Å². The van der Waals surface area contributed by atoms with Crippen LogP contribution in [-0.4, -0.2) is 33.5 Å². The number of hydrogen-bond acceptors (Lipinski definition) is 5. The number of aromatic nitrogens is 2. The van der Waals surface area contributed by atoms with Crippen molar-refractivity contribution >= 4 is 17.6 Å². The molecule has 1 rings (SSSR count). The SMILES string of the molecule is CCCc1nc(NC)cc(SC(C)C(C)O)n1. The summed E-state index contributed by atoms with van der Waals surface area (Å²) in [5.74, 6) is 1.70. The zero-order chi connectivity index (χ0) is 12.8. The lowest BCUT2D eigenvalue weighted by molar-refractivity contribution is 0.196. The lowest BCUT2D eigenvalue weighted by Crippen LogP contribution is -2.15. The van der Waals surface area contributed by atoms with Crippen LogP contribution in [0.2, 0.25) is 0 Å². The summed E-state index contributed by atoms with van der Waals surface area (Å²) in [6.07, 6.45) is 1.57. The zero-order valence-electron chi connectivity index (χ0n) is 10.9. The third kappa shape index (κ3) is 4.52. The molecule has 0 bridgehead atoms. The van der Waals surface area contributed by atoms with Crippen LogP contribution in [0, 0.1) is 0 Å². The van der Waals surface area contributed by atoms with Crippen molar-refractivity contribution in [3.8, 4) is 0 Å². The second-order valence-electron chi connectivity index (χ2n) is 4.07. The highest BCUT2D eigenvalue weighted by atomic mass is 32.2. The minimum atomic E-state index is -0.345. The number of nitrogens with one attached hydrogen (secondary N) is 1. The molecule has 5 heteroatoms. The van der Waals surface area contributed by atoms with Crippen LogP contribution in [-0.2, 0) is 6.42 Å². The highest BCUT2D eigenvalue weighted by Gasteiger charge is 2.12. The van der Waals surface area contributed by atoms with Crippen LogP contribution in [0.15, 0.2) is 11.1 Å². The molecule has 2 N–H and O–H groups in total. The van der Waals surface area contributed by atoms with E-state index in [0.29, 0.717) is 0 Å². The van der Waals surface area contributed by atoms with E-state index in [1.807, 2.05) is 20.0 Å². The molecular weight excluding hydrogens is 234 g/mol. The van der Waals surface area contributed by atoms with Crippen molar-refractivity contribution in [2.24, 2.45) is 0 Å². The molecule has 96 valence electrons. The predicted octanol–water partition coefficient (Wildman–Crippen LogP) is 2.33. The van der Waals surface area contributed by atoms with Crippen molar-refractivity contribution in [3.05, 3.63) is 11.9 Å². The molecular formula is C12H21N3OS. The number of aryl methyl sites for hydroxylation is 1. The summed E-state index contributed by atoms with van der Waals surface area (Å²) in [5.41, 5.74) is 0. The van der Waals surface area contributed by atoms with E-state index in [2.05, 4.69) is 22.2 Å². The van der Waals surface area contributed by atoms with Crippen molar-refractivity contribution in [3.63, 3.8) is 0 Å². The molecule has 0 aromatic carbocycles. The van der Waals surface area contributed by atoms with E-state index in [1.165, 1.54) is 0 Å². The Morgan fingerprint density at radius 1 is 1.41 bits per heavy atom. The molecule has 1 aromatic rings. The highest BCUT2D eigenvalue weighted by molar-refractivity contribution is 7.99. The Hall–Kier alpha value is -0.810. The smallest absolute Gasteiger partial charge is 0.132 e. The molecule has 1 heterocycles. The standard InChI is InChI=1S/C12H21N3OS/c1-5-6-10-14-11(13-4)7-12(15-10)17-9(3)8(2)16/h7-9,16H,5-6H2,1-4H3,(H,13,14,15). The van der Waals surface area contributed by atoms with E-state index in [9.17, 15) is 5.11 Å². The van der Waals surface area contributed by atoms with Gasteiger partial charge in [-0.15, -0.1) is 11.8 Å². The first kappa shape index (κ1) is 14.3. The quantitative estimate of drug-likeness (QED) is 0.603. The van der Waals surface area contributed by atoms with E-state index < -0.39 is 0 Å². The van der Waals surface area contributed by atoms with Gasteiger partial charge in [0.1, 0.15) is 16.7 Å². The summed E-state index contributed by atoms with van der Waals surface area (Å²) in [6, 6.07) is 1.92. The van der Waals surface area contributed by atoms with Crippen LogP contribution in [0.25, 0.3) is 0 Å². The summed E-state index contributed by atoms with van der Waals surface area (Å²) >= 11 is 1.58. The second-order valence-corrected chi connectivity index (χ2v) is 5.47. The number of aliphatic hydroxyl groups excluding tert-OH is 1. The summed E-state index contributed by atoms with van der Waals surface area (Å²) in [5, 5.41) is 13.6. The zero-order valence-corrected chi connectivity index (χ0v) is 11.7. The summed E-state index contributed by atoms with van der Waals surface area (Å²) < 4.78 is 0. The first-order valence-electron chi connectivity index (χ1n) is 5.97. The normalized spacial score (nSPS) is 14.4. The number of thioether (sulfide) groups is 1. The fraction of sp³-hybridized carbons (Fsp3) is 0.667. The lowest BCUT2D eigenvalue weighted by Gasteiger charge is -2.14. The van der Waals surface area contributed by atoms with Crippen molar-refractivity contribution < 1.29 is 5.11 Å². The Balaban J connectivity index is 2.86. The molecule has 0 amide bonds. The number of hydrogen-bond donors (Lipinski definition) is 2. The first-order chi connectivity index (χ1) is 8.06. The monoisotopic (exact) mass is 255 g/mol. The Labute approximate surface area is 107 Å². The molecule has 0 radical (unpaired) electrons. The third-order valence-corrected chi connectivity index (χ3v) is 3.68. The minimum Gasteiger partial charge on any atom is -0.392 e. The third-order valence-electron chi connectivity index (χ3n) is 2.46. The number of rotatable bonds is 6. The molecule has 4 nitrogen and oxygen atoms in total.